The first-order valence-corrected chi connectivity index (χ1v) is 2.62. The fourth-order valence-corrected chi connectivity index (χ4v) is 0.591. The van der Waals surface area contributed by atoms with Crippen LogP contribution in [0.5, 0.6) is 0 Å². The molecule has 0 amide bonds. The molecule has 49 valence electrons. The lowest BCUT2D eigenvalue weighted by atomic mass is 10.8. The normalized spacial score (nSPS) is 10.0. The lowest BCUT2D eigenvalue weighted by Gasteiger charge is -1.86. The average Bonchev–Trinajstić information content (AvgIpc) is 2.59. The molecule has 6 nitrogen and oxygen atoms in total. The quantitative estimate of drug-likeness (QED) is 0.554. The number of nitrogens with zero attached hydrogens (tertiary/aromatic N) is 5. The van der Waals surface area contributed by atoms with Crippen molar-refractivity contribution in [3.63, 3.8) is 0 Å². The molecule has 1 radical (unpaired) electrons. The molecule has 1 N–H and O–H groups in total. The van der Waals surface area contributed by atoms with E-state index in [1.165, 1.54) is 11.0 Å². The Kier molecular flexibility index (Phi) is 0.970. The minimum Gasteiger partial charge on any atom is -0.263 e. The molecule has 10 heavy (non-hydrogen) atoms. The number of aromatic amines is 1. The maximum atomic E-state index is 3.79. The minimum absolute atomic E-state index is 0.557. The van der Waals surface area contributed by atoms with Crippen LogP contribution in [0.4, 0.5) is 0 Å². The molecule has 0 aliphatic heterocycles. The Balaban J connectivity index is 2.48. The zero-order valence-electron chi connectivity index (χ0n) is 4.89. The van der Waals surface area contributed by atoms with E-state index < -0.39 is 0 Å². The average molecular weight is 135 g/mol. The number of hydrogen-bond acceptors (Lipinski definition) is 4. The van der Waals surface area contributed by atoms with Crippen LogP contribution >= 0.6 is 0 Å². The van der Waals surface area contributed by atoms with Crippen molar-refractivity contribution in [1.29, 1.82) is 0 Å². The third-order valence-electron chi connectivity index (χ3n) is 0.986. The molecule has 2 heterocycles. The summed E-state index contributed by atoms with van der Waals surface area (Å²) < 4.78 is 0. The van der Waals surface area contributed by atoms with Crippen molar-refractivity contribution < 1.29 is 0 Å². The van der Waals surface area contributed by atoms with Crippen molar-refractivity contribution >= 4 is 0 Å². The van der Waals surface area contributed by atoms with Gasteiger partial charge >= 0.3 is 0 Å². The second kappa shape index (κ2) is 1.90. The maximum Gasteiger partial charge on any atom is 0.215 e. The molecule has 6 heteroatoms. The van der Waals surface area contributed by atoms with Crippen LogP contribution in [0.25, 0.3) is 5.82 Å². The zero-order valence-corrected chi connectivity index (χ0v) is 4.89. The molecule has 0 saturated heterocycles. The van der Waals surface area contributed by atoms with Gasteiger partial charge < -0.3 is 0 Å². The molecule has 0 atom stereocenters. The summed E-state index contributed by atoms with van der Waals surface area (Å²) in [7, 11) is 0. The third-order valence-corrected chi connectivity index (χ3v) is 0.986. The van der Waals surface area contributed by atoms with Gasteiger partial charge in [-0.1, -0.05) is 5.21 Å². The van der Waals surface area contributed by atoms with Crippen LogP contribution < -0.4 is 0 Å². The number of nitrogens with one attached hydrogen (secondary N) is 1. The van der Waals surface area contributed by atoms with Gasteiger partial charge in [-0.15, -0.1) is 15.0 Å². The van der Waals surface area contributed by atoms with Gasteiger partial charge in [-0.2, -0.15) is 5.10 Å². The van der Waals surface area contributed by atoms with E-state index >= 15 is 0 Å². The predicted octanol–water partition coefficient (Wildman–Crippen LogP) is -0.814. The van der Waals surface area contributed by atoms with Crippen LogP contribution in [0.2, 0.25) is 0 Å². The molecule has 0 aliphatic rings. The monoisotopic (exact) mass is 135 g/mol. The lowest BCUT2D eigenvalue weighted by Crippen LogP contribution is -1.97. The van der Waals surface area contributed by atoms with Crippen molar-refractivity contribution in [3.8, 4) is 5.82 Å². The van der Waals surface area contributed by atoms with Crippen LogP contribution in [0, 0.1) is 6.20 Å². The summed E-state index contributed by atoms with van der Waals surface area (Å²) in [4.78, 5) is 1.32. The van der Waals surface area contributed by atoms with E-state index in [9.17, 15) is 0 Å². The smallest absolute Gasteiger partial charge is 0.215 e. The summed E-state index contributed by atoms with van der Waals surface area (Å²) in [5.41, 5.74) is 0. The first-order chi connectivity index (χ1) is 4.97. The number of H-pyrrole nitrogens is 1. The van der Waals surface area contributed by atoms with Crippen LogP contribution in [0.1, 0.15) is 0 Å². The number of hydrogen-bond donors (Lipinski definition) is 1. The van der Waals surface area contributed by atoms with E-state index in [-0.39, 0.29) is 0 Å². The van der Waals surface area contributed by atoms with Gasteiger partial charge in [0.15, 0.2) is 0 Å². The second-order valence-corrected chi connectivity index (χ2v) is 1.59. The molecule has 0 aliphatic carbocycles. The maximum absolute atomic E-state index is 3.79. The van der Waals surface area contributed by atoms with Crippen molar-refractivity contribution in [2.24, 2.45) is 0 Å². The van der Waals surface area contributed by atoms with Gasteiger partial charge in [-0.25, -0.2) is 0 Å². The van der Waals surface area contributed by atoms with Gasteiger partial charge in [0.05, 0.1) is 12.4 Å². The van der Waals surface area contributed by atoms with E-state index in [4.69, 9.17) is 0 Å². The fourth-order valence-electron chi connectivity index (χ4n) is 0.591. The Labute approximate surface area is 55.9 Å². The van der Waals surface area contributed by atoms with Crippen molar-refractivity contribution in [1.82, 2.24) is 30.4 Å². The Morgan fingerprint density at radius 2 is 2.60 bits per heavy atom. The molecule has 0 aromatic carbocycles. The molecule has 0 bridgehead atoms. The fraction of sp³-hybridized carbons (Fsp3) is 0. The number of aromatic nitrogens is 6. The van der Waals surface area contributed by atoms with Gasteiger partial charge in [0, 0.05) is 0 Å². The molecule has 2 rings (SSSR count). The first-order valence-electron chi connectivity index (χ1n) is 2.62. The first kappa shape index (κ1) is 5.10. The molecule has 0 spiro atoms. The molecular weight excluding hydrogens is 132 g/mol. The predicted molar refractivity (Wildman–Crippen MR) is 30.1 cm³/mol. The van der Waals surface area contributed by atoms with Gasteiger partial charge in [0.25, 0.3) is 0 Å². The highest BCUT2D eigenvalue weighted by Crippen LogP contribution is 1.91. The lowest BCUT2D eigenvalue weighted by molar-refractivity contribution is 0.722. The molecule has 2 aromatic rings. The summed E-state index contributed by atoms with van der Waals surface area (Å²) in [5.74, 6) is 0.557. The largest absolute Gasteiger partial charge is 0.263 e. The van der Waals surface area contributed by atoms with Gasteiger partial charge in [-0.05, 0) is 0 Å². The summed E-state index contributed by atoms with van der Waals surface area (Å²) >= 11 is 0. The van der Waals surface area contributed by atoms with Gasteiger partial charge in [0.2, 0.25) is 5.82 Å². The molecular formula is C4H3N6. The molecule has 0 unspecified atom stereocenters. The zero-order chi connectivity index (χ0) is 6.81. The van der Waals surface area contributed by atoms with Gasteiger partial charge in [0.1, 0.15) is 6.20 Å². The standard InChI is InChI=1S/C4H3N6/c1-2-7-10(6-1)4-3-5-9-8-4/h1,3H,(H,5,8,9). The Morgan fingerprint density at radius 1 is 1.60 bits per heavy atom. The SMILES string of the molecule is [c]1cnn(-c2c[nH]nn2)n1. The van der Waals surface area contributed by atoms with E-state index in [0.29, 0.717) is 5.82 Å². The van der Waals surface area contributed by atoms with Crippen molar-refractivity contribution in [2.75, 3.05) is 0 Å². The van der Waals surface area contributed by atoms with Crippen LogP contribution in [0.15, 0.2) is 12.4 Å². The van der Waals surface area contributed by atoms with Gasteiger partial charge in [-0.3, -0.25) is 5.10 Å². The van der Waals surface area contributed by atoms with E-state index in [2.05, 4.69) is 31.8 Å². The highest BCUT2D eigenvalue weighted by atomic mass is 15.5. The van der Waals surface area contributed by atoms with E-state index in [0.717, 1.165) is 0 Å². The van der Waals surface area contributed by atoms with Crippen LogP contribution in [-0.4, -0.2) is 30.4 Å². The summed E-state index contributed by atoms with van der Waals surface area (Å²) in [6, 6.07) is 0. The van der Waals surface area contributed by atoms with E-state index in [1.54, 1.807) is 6.20 Å². The highest BCUT2D eigenvalue weighted by molar-refractivity contribution is 5.08. The summed E-state index contributed by atoms with van der Waals surface area (Å²) in [6.07, 6.45) is 5.58. The molecule has 0 fully saturated rings. The topological polar surface area (TPSA) is 72.3 Å². The highest BCUT2D eigenvalue weighted by Gasteiger charge is 1.97. The summed E-state index contributed by atoms with van der Waals surface area (Å²) in [6.45, 7) is 0. The Hall–Kier alpha value is -1.72. The molecule has 2 aromatic heterocycles. The number of rotatable bonds is 1. The second-order valence-electron chi connectivity index (χ2n) is 1.59. The third kappa shape index (κ3) is 0.661. The summed E-state index contributed by atoms with van der Waals surface area (Å²) in [5, 5.41) is 17.2. The van der Waals surface area contributed by atoms with Crippen molar-refractivity contribution in [2.45, 2.75) is 0 Å². The van der Waals surface area contributed by atoms with E-state index in [1.807, 2.05) is 0 Å². The Bertz CT molecular complexity index is 249. The Morgan fingerprint density at radius 3 is 3.20 bits per heavy atom. The van der Waals surface area contributed by atoms with Crippen LogP contribution in [-0.2, 0) is 0 Å². The minimum atomic E-state index is 0.557. The molecule has 0 saturated carbocycles. The van der Waals surface area contributed by atoms with Crippen molar-refractivity contribution in [3.05, 3.63) is 18.6 Å². The van der Waals surface area contributed by atoms with Crippen LogP contribution in [0.3, 0.4) is 0 Å².